The molecule has 0 radical (unpaired) electrons. The van der Waals surface area contributed by atoms with Gasteiger partial charge in [-0.3, -0.25) is 4.57 Å². The van der Waals surface area contributed by atoms with E-state index in [1.54, 1.807) is 24.3 Å². The molecule has 0 amide bonds. The average molecular weight is 434 g/mol. The Morgan fingerprint density at radius 1 is 1.04 bits per heavy atom. The second-order valence-corrected chi connectivity index (χ2v) is 8.58. The number of pyridine rings is 1. The molecule has 1 heterocycles. The van der Waals surface area contributed by atoms with Gasteiger partial charge in [0.05, 0.1) is 23.8 Å². The fourth-order valence-electron chi connectivity index (χ4n) is 2.88. The van der Waals surface area contributed by atoms with Gasteiger partial charge in [0, 0.05) is 15.8 Å². The molecule has 1 aromatic heterocycles. The summed E-state index contributed by atoms with van der Waals surface area (Å²) < 4.78 is 53.4. The molecule has 0 unspecified atom stereocenters. The second kappa shape index (κ2) is 7.61. The van der Waals surface area contributed by atoms with E-state index in [-0.39, 0.29) is 29.1 Å². The third-order valence-electron chi connectivity index (χ3n) is 3.95. The maximum atomic E-state index is 15.4. The Hall–Kier alpha value is -1.30. The van der Waals surface area contributed by atoms with Crippen molar-refractivity contribution in [1.82, 2.24) is 4.98 Å². The maximum Gasteiger partial charge on any atom is 0.406 e. The van der Waals surface area contributed by atoms with Crippen molar-refractivity contribution in [2.75, 3.05) is 13.2 Å². The predicted molar refractivity (Wildman–Crippen MR) is 104 cm³/mol. The zero-order valence-electron chi connectivity index (χ0n) is 14.5. The smallest absolute Gasteiger partial charge is 0.304 e. The van der Waals surface area contributed by atoms with Gasteiger partial charge in [-0.05, 0) is 31.4 Å². The SMILES string of the molecule is CCOP(=O)(OCC)C(F)(F)c1nc2c(Cl)cc(Cl)cc2c2ccccc12. The van der Waals surface area contributed by atoms with Crippen molar-refractivity contribution in [2.24, 2.45) is 0 Å². The quantitative estimate of drug-likeness (QED) is 0.309. The molecule has 0 spiro atoms. The number of aromatic nitrogens is 1. The molecule has 0 saturated heterocycles. The Morgan fingerprint density at radius 3 is 2.22 bits per heavy atom. The van der Waals surface area contributed by atoms with Crippen LogP contribution in [0.15, 0.2) is 36.4 Å². The van der Waals surface area contributed by atoms with Crippen LogP contribution in [0.2, 0.25) is 10.0 Å². The Balaban J connectivity index is 2.41. The van der Waals surface area contributed by atoms with Crippen LogP contribution in [0.3, 0.4) is 0 Å². The molecule has 0 atom stereocenters. The molecule has 0 fully saturated rings. The van der Waals surface area contributed by atoms with Crippen molar-refractivity contribution in [2.45, 2.75) is 19.5 Å². The fraction of sp³-hybridized carbons (Fsp3) is 0.278. The van der Waals surface area contributed by atoms with Gasteiger partial charge in [-0.1, -0.05) is 47.5 Å². The molecular weight excluding hydrogens is 418 g/mol. The molecule has 4 nitrogen and oxygen atoms in total. The first-order chi connectivity index (χ1) is 12.7. The largest absolute Gasteiger partial charge is 0.406 e. The molecule has 0 bridgehead atoms. The minimum absolute atomic E-state index is 0.114. The molecule has 0 aliphatic carbocycles. The Labute approximate surface area is 164 Å². The number of fused-ring (bicyclic) bond motifs is 3. The molecular formula is C18H16Cl2F2NO3P. The van der Waals surface area contributed by atoms with E-state index < -0.39 is 19.0 Å². The van der Waals surface area contributed by atoms with Crippen molar-refractivity contribution in [3.8, 4) is 0 Å². The molecule has 0 aliphatic rings. The summed E-state index contributed by atoms with van der Waals surface area (Å²) in [5.74, 6) is 0. The van der Waals surface area contributed by atoms with E-state index in [1.807, 2.05) is 0 Å². The number of nitrogens with zero attached hydrogens (tertiary/aromatic N) is 1. The first-order valence-electron chi connectivity index (χ1n) is 8.20. The van der Waals surface area contributed by atoms with Gasteiger partial charge < -0.3 is 9.05 Å². The highest BCUT2D eigenvalue weighted by Crippen LogP contribution is 2.67. The number of hydrogen-bond donors (Lipinski definition) is 0. The van der Waals surface area contributed by atoms with E-state index in [1.165, 1.54) is 26.0 Å². The lowest BCUT2D eigenvalue weighted by Crippen LogP contribution is -2.20. The van der Waals surface area contributed by atoms with E-state index in [4.69, 9.17) is 32.2 Å². The summed E-state index contributed by atoms with van der Waals surface area (Å²) in [5, 5.41) is 1.57. The van der Waals surface area contributed by atoms with Crippen LogP contribution in [0.1, 0.15) is 19.5 Å². The minimum Gasteiger partial charge on any atom is -0.304 e. The first-order valence-corrected chi connectivity index (χ1v) is 10.5. The molecule has 144 valence electrons. The number of alkyl halides is 2. The normalized spacial score (nSPS) is 12.8. The van der Waals surface area contributed by atoms with Crippen LogP contribution in [0.25, 0.3) is 21.7 Å². The van der Waals surface area contributed by atoms with E-state index in [9.17, 15) is 4.57 Å². The van der Waals surface area contributed by atoms with Gasteiger partial charge in [0.25, 0.3) is 0 Å². The van der Waals surface area contributed by atoms with Crippen molar-refractivity contribution in [1.29, 1.82) is 0 Å². The Morgan fingerprint density at radius 2 is 1.63 bits per heavy atom. The lowest BCUT2D eigenvalue weighted by atomic mass is 10.0. The highest BCUT2D eigenvalue weighted by molar-refractivity contribution is 7.54. The fourth-order valence-corrected chi connectivity index (χ4v) is 4.92. The van der Waals surface area contributed by atoms with Crippen LogP contribution in [0.5, 0.6) is 0 Å². The lowest BCUT2D eigenvalue weighted by molar-refractivity contribution is 0.0340. The summed E-state index contributed by atoms with van der Waals surface area (Å²) >= 11 is 12.3. The van der Waals surface area contributed by atoms with Gasteiger partial charge in [0.2, 0.25) is 0 Å². The Bertz CT molecular complexity index is 1050. The number of halogens is 4. The minimum atomic E-state index is -4.82. The van der Waals surface area contributed by atoms with E-state index in [0.717, 1.165) is 0 Å². The van der Waals surface area contributed by atoms with Crippen LogP contribution in [0.4, 0.5) is 8.78 Å². The molecule has 27 heavy (non-hydrogen) atoms. The van der Waals surface area contributed by atoms with Crippen LogP contribution in [0, 0.1) is 0 Å². The van der Waals surface area contributed by atoms with E-state index in [2.05, 4.69) is 4.98 Å². The number of benzene rings is 2. The standard InChI is InChI=1S/C18H16Cl2F2NO3P/c1-3-25-27(24,26-4-2)18(21,22)17-13-8-6-5-7-12(13)14-9-11(19)10-15(20)16(14)23-17/h5-10H,3-4H2,1-2H3. The molecule has 0 aliphatic heterocycles. The third kappa shape index (κ3) is 3.45. The molecule has 3 rings (SSSR count). The van der Waals surface area contributed by atoms with Crippen molar-refractivity contribution >= 4 is 52.5 Å². The zero-order valence-corrected chi connectivity index (χ0v) is 16.9. The van der Waals surface area contributed by atoms with E-state index >= 15 is 8.78 Å². The van der Waals surface area contributed by atoms with Gasteiger partial charge in [-0.15, -0.1) is 0 Å². The zero-order chi connectivity index (χ0) is 19.8. The topological polar surface area (TPSA) is 48.4 Å². The number of hydrogen-bond acceptors (Lipinski definition) is 4. The maximum absolute atomic E-state index is 15.4. The van der Waals surface area contributed by atoms with Crippen LogP contribution in [-0.4, -0.2) is 18.2 Å². The second-order valence-electron chi connectivity index (χ2n) is 5.66. The van der Waals surface area contributed by atoms with Gasteiger partial charge in [0.1, 0.15) is 5.69 Å². The third-order valence-corrected chi connectivity index (χ3v) is 6.55. The summed E-state index contributed by atoms with van der Waals surface area (Å²) in [6.07, 6.45) is 0. The molecule has 2 aromatic carbocycles. The monoisotopic (exact) mass is 433 g/mol. The first kappa shape index (κ1) is 20.4. The van der Waals surface area contributed by atoms with Gasteiger partial charge in [-0.2, -0.15) is 8.78 Å². The van der Waals surface area contributed by atoms with Gasteiger partial charge in [-0.25, -0.2) is 4.98 Å². The van der Waals surface area contributed by atoms with Gasteiger partial charge in [0.15, 0.2) is 0 Å². The molecule has 9 heteroatoms. The van der Waals surface area contributed by atoms with Crippen LogP contribution < -0.4 is 0 Å². The molecule has 0 saturated carbocycles. The number of rotatable bonds is 6. The average Bonchev–Trinajstić information content (AvgIpc) is 2.61. The molecule has 3 aromatic rings. The van der Waals surface area contributed by atoms with Gasteiger partial charge >= 0.3 is 13.3 Å². The highest BCUT2D eigenvalue weighted by Gasteiger charge is 2.57. The summed E-state index contributed by atoms with van der Waals surface area (Å²) in [6.45, 7) is 2.53. The summed E-state index contributed by atoms with van der Waals surface area (Å²) in [5.41, 5.74) is -4.55. The summed E-state index contributed by atoms with van der Waals surface area (Å²) in [4.78, 5) is 4.07. The van der Waals surface area contributed by atoms with Crippen molar-refractivity contribution < 1.29 is 22.4 Å². The van der Waals surface area contributed by atoms with Crippen LogP contribution >= 0.6 is 30.8 Å². The summed E-state index contributed by atoms with van der Waals surface area (Å²) in [6, 6.07) is 9.43. The molecule has 0 N–H and O–H groups in total. The Kier molecular flexibility index (Phi) is 5.76. The van der Waals surface area contributed by atoms with Crippen molar-refractivity contribution in [3.63, 3.8) is 0 Å². The summed E-state index contributed by atoms with van der Waals surface area (Å²) in [7, 11) is -4.82. The van der Waals surface area contributed by atoms with Crippen molar-refractivity contribution in [3.05, 3.63) is 52.1 Å². The lowest BCUT2D eigenvalue weighted by Gasteiger charge is -2.26. The highest BCUT2D eigenvalue weighted by atomic mass is 35.5. The van der Waals surface area contributed by atoms with Crippen LogP contribution in [-0.2, 0) is 19.3 Å². The van der Waals surface area contributed by atoms with E-state index in [0.29, 0.717) is 15.8 Å². The predicted octanol–water partition coefficient (Wildman–Crippen LogP) is 7.01.